The van der Waals surface area contributed by atoms with Crippen molar-refractivity contribution in [2.45, 2.75) is 26.8 Å². The minimum Gasteiger partial charge on any atom is -0.223 e. The maximum atomic E-state index is 3.89. The highest BCUT2D eigenvalue weighted by atomic mass is 14.8. The van der Waals surface area contributed by atoms with Crippen molar-refractivity contribution in [1.29, 1.82) is 0 Å². The Balaban J connectivity index is 3.82. The Kier molecular flexibility index (Phi) is 3.65. The molecule has 0 aliphatic carbocycles. The van der Waals surface area contributed by atoms with Crippen LogP contribution in [0.4, 0.5) is 0 Å². The number of aliphatic imine (C=N–C) groups is 2. The fourth-order valence-electron chi connectivity index (χ4n) is 0.230. The Hall–Kier alpha value is -0.880. The third kappa shape index (κ3) is 7.12. The first-order valence-corrected chi connectivity index (χ1v) is 2.94. The SMILES string of the molecule is C=C(C)N=C=NC(C)C. The van der Waals surface area contributed by atoms with Gasteiger partial charge in [-0.05, 0) is 20.8 Å². The van der Waals surface area contributed by atoms with Gasteiger partial charge in [-0.15, -0.1) is 0 Å². The van der Waals surface area contributed by atoms with Gasteiger partial charge >= 0.3 is 0 Å². The summed E-state index contributed by atoms with van der Waals surface area (Å²) in [6.45, 7) is 9.32. The van der Waals surface area contributed by atoms with Crippen LogP contribution in [0.25, 0.3) is 0 Å². The molecule has 2 heteroatoms. The van der Waals surface area contributed by atoms with Crippen molar-refractivity contribution in [3.05, 3.63) is 12.3 Å². The first-order valence-electron chi connectivity index (χ1n) is 2.94. The van der Waals surface area contributed by atoms with E-state index in [1.54, 1.807) is 0 Å². The van der Waals surface area contributed by atoms with E-state index in [0.29, 0.717) is 0 Å². The molecule has 0 N–H and O–H groups in total. The lowest BCUT2D eigenvalue weighted by molar-refractivity contribution is 0.841. The Morgan fingerprint density at radius 3 is 2.44 bits per heavy atom. The molecule has 0 bridgehead atoms. The first-order chi connectivity index (χ1) is 4.13. The molecule has 0 rings (SSSR count). The van der Waals surface area contributed by atoms with Crippen LogP contribution in [0.3, 0.4) is 0 Å². The van der Waals surface area contributed by atoms with Crippen molar-refractivity contribution < 1.29 is 0 Å². The largest absolute Gasteiger partial charge is 0.223 e. The van der Waals surface area contributed by atoms with Gasteiger partial charge in [0.2, 0.25) is 0 Å². The van der Waals surface area contributed by atoms with Gasteiger partial charge in [0.05, 0.1) is 12.1 Å². The minimum absolute atomic E-state index is 0.271. The van der Waals surface area contributed by atoms with E-state index in [1.165, 1.54) is 0 Å². The Morgan fingerprint density at radius 2 is 2.11 bits per heavy atom. The molecule has 2 nitrogen and oxygen atoms in total. The lowest BCUT2D eigenvalue weighted by Crippen LogP contribution is -1.84. The molecule has 0 unspecified atom stereocenters. The molecule has 0 saturated heterocycles. The van der Waals surface area contributed by atoms with Gasteiger partial charge in [0.15, 0.2) is 0 Å². The van der Waals surface area contributed by atoms with Gasteiger partial charge in [-0.2, -0.15) is 4.99 Å². The van der Waals surface area contributed by atoms with Crippen molar-refractivity contribution in [1.82, 2.24) is 0 Å². The average Bonchev–Trinajstić information content (AvgIpc) is 1.63. The van der Waals surface area contributed by atoms with E-state index < -0.39 is 0 Å². The van der Waals surface area contributed by atoms with E-state index in [0.717, 1.165) is 5.70 Å². The Morgan fingerprint density at radius 1 is 1.56 bits per heavy atom. The summed E-state index contributed by atoms with van der Waals surface area (Å²) < 4.78 is 0. The molecule has 0 aliphatic rings. The highest BCUT2D eigenvalue weighted by Gasteiger charge is 1.79. The molecule has 0 aromatic heterocycles. The van der Waals surface area contributed by atoms with Crippen LogP contribution in [0.5, 0.6) is 0 Å². The Labute approximate surface area is 56.0 Å². The number of allylic oxidation sites excluding steroid dienone is 1. The third-order valence-electron chi connectivity index (χ3n) is 0.557. The zero-order valence-electron chi connectivity index (χ0n) is 6.18. The van der Waals surface area contributed by atoms with Gasteiger partial charge in [-0.3, -0.25) is 0 Å². The molecule has 0 aromatic carbocycles. The third-order valence-corrected chi connectivity index (χ3v) is 0.557. The van der Waals surface area contributed by atoms with Crippen molar-refractivity contribution in [3.63, 3.8) is 0 Å². The van der Waals surface area contributed by atoms with Gasteiger partial charge in [0.1, 0.15) is 0 Å². The van der Waals surface area contributed by atoms with Gasteiger partial charge in [-0.25, -0.2) is 4.99 Å². The van der Waals surface area contributed by atoms with Crippen molar-refractivity contribution in [2.24, 2.45) is 9.98 Å². The van der Waals surface area contributed by atoms with Crippen LogP contribution in [-0.2, 0) is 0 Å². The normalized spacial score (nSPS) is 8.44. The van der Waals surface area contributed by atoms with Crippen LogP contribution in [0.1, 0.15) is 20.8 Å². The first kappa shape index (κ1) is 8.12. The summed E-state index contributed by atoms with van der Waals surface area (Å²) in [5.74, 6) is 0. The summed E-state index contributed by atoms with van der Waals surface area (Å²) in [6, 6.07) is 2.81. The van der Waals surface area contributed by atoms with Crippen LogP contribution in [-0.4, -0.2) is 12.1 Å². The van der Waals surface area contributed by atoms with Gasteiger partial charge in [0, 0.05) is 5.70 Å². The van der Waals surface area contributed by atoms with Crippen molar-refractivity contribution in [2.75, 3.05) is 0 Å². The number of hydrogen-bond donors (Lipinski definition) is 0. The molecule has 50 valence electrons. The van der Waals surface area contributed by atoms with Gasteiger partial charge in [0.25, 0.3) is 0 Å². The molecule has 0 heterocycles. The zero-order valence-corrected chi connectivity index (χ0v) is 6.18. The highest BCUT2D eigenvalue weighted by Crippen LogP contribution is 1.85. The molecular weight excluding hydrogens is 112 g/mol. The molecule has 0 atom stereocenters. The molecular formula is C7H12N2. The predicted octanol–water partition coefficient (Wildman–Crippen LogP) is 2.10. The van der Waals surface area contributed by atoms with E-state index in [9.17, 15) is 0 Å². The molecule has 0 saturated carbocycles. The van der Waals surface area contributed by atoms with Crippen molar-refractivity contribution >= 4 is 6.01 Å². The fraction of sp³-hybridized carbons (Fsp3) is 0.571. The van der Waals surface area contributed by atoms with Crippen molar-refractivity contribution in [3.8, 4) is 0 Å². The lowest BCUT2D eigenvalue weighted by Gasteiger charge is -1.85. The summed E-state index contributed by atoms with van der Waals surface area (Å²) in [4.78, 5) is 7.64. The Bertz CT molecular complexity index is 150. The lowest BCUT2D eigenvalue weighted by atomic mass is 10.4. The van der Waals surface area contributed by atoms with Crippen LogP contribution in [0.15, 0.2) is 22.3 Å². The molecule has 0 fully saturated rings. The standard InChI is InChI=1S/C7H12N2/c1-6(2)8-5-9-7(3)4/h7H,1H2,2-4H3. The second-order valence-corrected chi connectivity index (χ2v) is 2.17. The van der Waals surface area contributed by atoms with Gasteiger partial charge < -0.3 is 0 Å². The number of nitrogens with zero attached hydrogens (tertiary/aromatic N) is 2. The average molecular weight is 124 g/mol. The zero-order chi connectivity index (χ0) is 7.28. The molecule has 0 radical (unpaired) electrons. The maximum absolute atomic E-state index is 3.89. The van der Waals surface area contributed by atoms with E-state index in [-0.39, 0.29) is 6.04 Å². The number of hydrogen-bond acceptors (Lipinski definition) is 2. The highest BCUT2D eigenvalue weighted by molar-refractivity contribution is 5.43. The second kappa shape index (κ2) is 4.04. The molecule has 0 aromatic rings. The van der Waals surface area contributed by atoms with E-state index >= 15 is 0 Å². The molecule has 0 spiro atoms. The second-order valence-electron chi connectivity index (χ2n) is 2.17. The fourth-order valence-corrected chi connectivity index (χ4v) is 0.230. The minimum atomic E-state index is 0.271. The topological polar surface area (TPSA) is 24.7 Å². The summed E-state index contributed by atoms with van der Waals surface area (Å²) >= 11 is 0. The van der Waals surface area contributed by atoms with E-state index in [1.807, 2.05) is 20.8 Å². The van der Waals surface area contributed by atoms with Crippen LogP contribution in [0.2, 0.25) is 0 Å². The molecule has 0 aliphatic heterocycles. The summed E-state index contributed by atoms with van der Waals surface area (Å²) in [6.07, 6.45) is 0. The van der Waals surface area contributed by atoms with Gasteiger partial charge in [-0.1, -0.05) is 6.58 Å². The predicted molar refractivity (Wildman–Crippen MR) is 39.8 cm³/mol. The van der Waals surface area contributed by atoms with Crippen LogP contribution in [0, 0.1) is 0 Å². The summed E-state index contributed by atoms with van der Waals surface area (Å²) in [5, 5.41) is 0. The van der Waals surface area contributed by atoms with Crippen LogP contribution < -0.4 is 0 Å². The van der Waals surface area contributed by atoms with E-state index in [2.05, 4.69) is 22.6 Å². The summed E-state index contributed by atoms with van der Waals surface area (Å²) in [7, 11) is 0. The quantitative estimate of drug-likeness (QED) is 0.504. The molecule has 0 amide bonds. The van der Waals surface area contributed by atoms with E-state index in [4.69, 9.17) is 0 Å². The smallest absolute Gasteiger partial charge is 0.0947 e. The maximum Gasteiger partial charge on any atom is 0.0947 e. The number of rotatable bonds is 2. The molecule has 9 heavy (non-hydrogen) atoms. The monoisotopic (exact) mass is 124 g/mol. The summed E-state index contributed by atoms with van der Waals surface area (Å²) in [5.41, 5.74) is 0.736. The van der Waals surface area contributed by atoms with Crippen LogP contribution >= 0.6 is 0 Å².